The summed E-state index contributed by atoms with van der Waals surface area (Å²) in [6, 6.07) is 13.9. The van der Waals surface area contributed by atoms with Gasteiger partial charge >= 0.3 is 0 Å². The van der Waals surface area contributed by atoms with Crippen molar-refractivity contribution in [3.8, 4) is 0 Å². The van der Waals surface area contributed by atoms with E-state index in [0.29, 0.717) is 11.4 Å². The van der Waals surface area contributed by atoms with Gasteiger partial charge < -0.3 is 10.6 Å². The Bertz CT molecular complexity index is 699. The molecule has 0 saturated heterocycles. The first-order valence-electron chi connectivity index (χ1n) is 7.51. The van der Waals surface area contributed by atoms with Gasteiger partial charge in [-0.05, 0) is 48.7 Å². The van der Waals surface area contributed by atoms with E-state index in [1.54, 1.807) is 0 Å². The Labute approximate surface area is 135 Å². The van der Waals surface area contributed by atoms with Crippen LogP contribution < -0.4 is 10.6 Å². The number of fused-ring (bicyclic) bond motifs is 1. The number of rotatable bonds is 3. The molecule has 0 radical (unpaired) electrons. The second-order valence-corrected chi connectivity index (χ2v) is 6.03. The molecule has 0 bridgehead atoms. The van der Waals surface area contributed by atoms with Gasteiger partial charge in [0.1, 0.15) is 0 Å². The fourth-order valence-electron chi connectivity index (χ4n) is 2.90. The molecule has 1 aliphatic heterocycles. The van der Waals surface area contributed by atoms with E-state index < -0.39 is 0 Å². The Balaban J connectivity index is 1.72. The second kappa shape index (κ2) is 6.51. The van der Waals surface area contributed by atoms with E-state index in [4.69, 9.17) is 11.6 Å². The Morgan fingerprint density at radius 2 is 2.09 bits per heavy atom. The molecule has 1 amide bonds. The molecular formula is C18H19ClN2O. The SMILES string of the molecule is Cc1c(Cl)cccc1NC(=O)CC1NCCc2ccccc21. The molecule has 0 aliphatic carbocycles. The van der Waals surface area contributed by atoms with Crippen LogP contribution in [0.3, 0.4) is 0 Å². The van der Waals surface area contributed by atoms with E-state index in [2.05, 4.69) is 28.8 Å². The van der Waals surface area contributed by atoms with Crippen LogP contribution in [0, 0.1) is 6.92 Å². The van der Waals surface area contributed by atoms with Gasteiger partial charge in [0.15, 0.2) is 0 Å². The number of carbonyl (C=O) groups is 1. The molecule has 0 aromatic heterocycles. The molecule has 2 aromatic rings. The number of hydrogen-bond donors (Lipinski definition) is 2. The van der Waals surface area contributed by atoms with Gasteiger partial charge in [-0.3, -0.25) is 4.79 Å². The summed E-state index contributed by atoms with van der Waals surface area (Å²) < 4.78 is 0. The summed E-state index contributed by atoms with van der Waals surface area (Å²) in [5, 5.41) is 7.06. The normalized spacial score (nSPS) is 16.9. The number of halogens is 1. The van der Waals surface area contributed by atoms with E-state index >= 15 is 0 Å². The summed E-state index contributed by atoms with van der Waals surface area (Å²) in [4.78, 5) is 12.4. The first-order chi connectivity index (χ1) is 10.6. The number of anilines is 1. The van der Waals surface area contributed by atoms with Crippen LogP contribution in [0.1, 0.15) is 29.2 Å². The largest absolute Gasteiger partial charge is 0.326 e. The summed E-state index contributed by atoms with van der Waals surface area (Å²) in [6.45, 7) is 2.82. The quantitative estimate of drug-likeness (QED) is 0.903. The summed E-state index contributed by atoms with van der Waals surface area (Å²) >= 11 is 6.09. The van der Waals surface area contributed by atoms with Crippen LogP contribution >= 0.6 is 11.6 Å². The van der Waals surface area contributed by atoms with Gasteiger partial charge in [-0.15, -0.1) is 0 Å². The maximum Gasteiger partial charge on any atom is 0.226 e. The maximum atomic E-state index is 12.4. The first-order valence-corrected chi connectivity index (χ1v) is 7.89. The highest BCUT2D eigenvalue weighted by molar-refractivity contribution is 6.31. The molecule has 114 valence electrons. The van der Waals surface area contributed by atoms with E-state index in [0.717, 1.165) is 24.2 Å². The molecule has 0 saturated carbocycles. The summed E-state index contributed by atoms with van der Waals surface area (Å²) in [7, 11) is 0. The summed E-state index contributed by atoms with van der Waals surface area (Å²) in [6.07, 6.45) is 1.44. The van der Waals surface area contributed by atoms with Crippen LogP contribution in [0.15, 0.2) is 42.5 Å². The van der Waals surface area contributed by atoms with E-state index in [1.165, 1.54) is 11.1 Å². The lowest BCUT2D eigenvalue weighted by atomic mass is 9.92. The fourth-order valence-corrected chi connectivity index (χ4v) is 3.08. The van der Waals surface area contributed by atoms with Crippen molar-refractivity contribution in [3.05, 3.63) is 64.2 Å². The van der Waals surface area contributed by atoms with Gasteiger partial charge in [0, 0.05) is 23.2 Å². The van der Waals surface area contributed by atoms with E-state index in [1.807, 2.05) is 31.2 Å². The predicted molar refractivity (Wildman–Crippen MR) is 90.3 cm³/mol. The molecule has 1 heterocycles. The van der Waals surface area contributed by atoms with Gasteiger partial charge in [0.25, 0.3) is 0 Å². The predicted octanol–water partition coefficient (Wildman–Crippen LogP) is 3.86. The Morgan fingerprint density at radius 1 is 1.27 bits per heavy atom. The van der Waals surface area contributed by atoms with Crippen LogP contribution in [0.25, 0.3) is 0 Å². The van der Waals surface area contributed by atoms with Gasteiger partial charge in [-0.25, -0.2) is 0 Å². The topological polar surface area (TPSA) is 41.1 Å². The van der Waals surface area contributed by atoms with Crippen LogP contribution in [0.5, 0.6) is 0 Å². The fraction of sp³-hybridized carbons (Fsp3) is 0.278. The van der Waals surface area contributed by atoms with Crippen molar-refractivity contribution < 1.29 is 4.79 Å². The third-order valence-corrected chi connectivity index (χ3v) is 4.56. The van der Waals surface area contributed by atoms with Crippen molar-refractivity contribution in [2.75, 3.05) is 11.9 Å². The monoisotopic (exact) mass is 314 g/mol. The Morgan fingerprint density at radius 3 is 2.95 bits per heavy atom. The number of amides is 1. The summed E-state index contributed by atoms with van der Waals surface area (Å²) in [5.41, 5.74) is 4.24. The van der Waals surface area contributed by atoms with Gasteiger partial charge in [-0.1, -0.05) is 41.9 Å². The third-order valence-electron chi connectivity index (χ3n) is 4.15. The smallest absolute Gasteiger partial charge is 0.226 e. The lowest BCUT2D eigenvalue weighted by molar-refractivity contribution is -0.116. The number of benzene rings is 2. The molecule has 4 heteroatoms. The molecule has 1 aliphatic rings. The summed E-state index contributed by atoms with van der Waals surface area (Å²) in [5.74, 6) is -0.000398. The molecule has 2 aromatic carbocycles. The van der Waals surface area contributed by atoms with Gasteiger partial charge in [-0.2, -0.15) is 0 Å². The molecular weight excluding hydrogens is 296 g/mol. The minimum atomic E-state index is -0.000398. The molecule has 1 atom stereocenters. The molecule has 3 nitrogen and oxygen atoms in total. The highest BCUT2D eigenvalue weighted by Crippen LogP contribution is 2.27. The standard InChI is InChI=1S/C18H19ClN2O/c1-12-15(19)7-4-8-16(12)21-18(22)11-17-14-6-3-2-5-13(14)9-10-20-17/h2-8,17,20H,9-11H2,1H3,(H,21,22). The van der Waals surface area contributed by atoms with Gasteiger partial charge in [0.05, 0.1) is 0 Å². The molecule has 0 spiro atoms. The maximum absolute atomic E-state index is 12.4. The highest BCUT2D eigenvalue weighted by atomic mass is 35.5. The van der Waals surface area contributed by atoms with Crippen LogP contribution in [-0.4, -0.2) is 12.5 Å². The third kappa shape index (κ3) is 3.16. The van der Waals surface area contributed by atoms with Crippen molar-refractivity contribution in [3.63, 3.8) is 0 Å². The van der Waals surface area contributed by atoms with Crippen molar-refractivity contribution in [1.82, 2.24) is 5.32 Å². The molecule has 0 fully saturated rings. The number of nitrogens with one attached hydrogen (secondary N) is 2. The van der Waals surface area contributed by atoms with Crippen molar-refractivity contribution in [2.24, 2.45) is 0 Å². The average Bonchev–Trinajstić information content (AvgIpc) is 2.52. The van der Waals surface area contributed by atoms with Crippen LogP contribution in [0.2, 0.25) is 5.02 Å². The van der Waals surface area contributed by atoms with Crippen LogP contribution in [-0.2, 0) is 11.2 Å². The second-order valence-electron chi connectivity index (χ2n) is 5.62. The van der Waals surface area contributed by atoms with Crippen LogP contribution in [0.4, 0.5) is 5.69 Å². The number of carbonyl (C=O) groups excluding carboxylic acids is 1. The van der Waals surface area contributed by atoms with Crippen molar-refractivity contribution in [2.45, 2.75) is 25.8 Å². The molecule has 2 N–H and O–H groups in total. The zero-order valence-electron chi connectivity index (χ0n) is 12.5. The lowest BCUT2D eigenvalue weighted by Gasteiger charge is -2.26. The van der Waals surface area contributed by atoms with Crippen molar-refractivity contribution in [1.29, 1.82) is 0 Å². The van der Waals surface area contributed by atoms with Crippen molar-refractivity contribution >= 4 is 23.2 Å². The Kier molecular flexibility index (Phi) is 4.46. The Hall–Kier alpha value is -1.84. The minimum absolute atomic E-state index is 0.000398. The van der Waals surface area contributed by atoms with E-state index in [-0.39, 0.29) is 11.9 Å². The van der Waals surface area contributed by atoms with Gasteiger partial charge in [0.2, 0.25) is 5.91 Å². The highest BCUT2D eigenvalue weighted by Gasteiger charge is 2.22. The first kappa shape index (κ1) is 15.1. The zero-order chi connectivity index (χ0) is 15.5. The lowest BCUT2D eigenvalue weighted by Crippen LogP contribution is -2.32. The molecule has 22 heavy (non-hydrogen) atoms. The number of hydrogen-bond acceptors (Lipinski definition) is 2. The minimum Gasteiger partial charge on any atom is -0.326 e. The zero-order valence-corrected chi connectivity index (χ0v) is 13.3. The molecule has 3 rings (SSSR count). The average molecular weight is 315 g/mol. The molecule has 1 unspecified atom stereocenters. The van der Waals surface area contributed by atoms with E-state index in [9.17, 15) is 4.79 Å².